The van der Waals surface area contributed by atoms with Crippen molar-refractivity contribution in [3.63, 3.8) is 0 Å². The van der Waals surface area contributed by atoms with E-state index in [1.54, 1.807) is 18.6 Å². The van der Waals surface area contributed by atoms with Crippen molar-refractivity contribution < 1.29 is 4.79 Å². The highest BCUT2D eigenvalue weighted by atomic mass is 16.1. The molecule has 94 valence electrons. The van der Waals surface area contributed by atoms with Gasteiger partial charge in [0.1, 0.15) is 5.82 Å². The highest BCUT2D eigenvalue weighted by molar-refractivity contribution is 5.95. The van der Waals surface area contributed by atoms with Gasteiger partial charge in [0, 0.05) is 18.3 Å². The molecule has 4 heteroatoms. The Kier molecular flexibility index (Phi) is 2.05. The molecular weight excluding hydrogens is 226 g/mol. The number of carbonyl (C=O) groups excluding carboxylic acids is 1. The highest BCUT2D eigenvalue weighted by Crippen LogP contribution is 2.54. The van der Waals surface area contributed by atoms with Crippen LogP contribution in [0.3, 0.4) is 0 Å². The van der Waals surface area contributed by atoms with Crippen LogP contribution in [0.15, 0.2) is 18.6 Å². The van der Waals surface area contributed by atoms with Crippen LogP contribution in [0.4, 0.5) is 5.82 Å². The largest absolute Gasteiger partial charge is 0.356 e. The molecule has 1 N–H and O–H groups in total. The average Bonchev–Trinajstić information content (AvgIpc) is 2.36. The number of hydrogen-bond donors (Lipinski definition) is 1. The maximum Gasteiger partial charge on any atom is 0.161 e. The molecule has 0 saturated heterocycles. The van der Waals surface area contributed by atoms with Crippen LogP contribution >= 0.6 is 0 Å². The molecular formula is C14H17N3O. The summed E-state index contributed by atoms with van der Waals surface area (Å²) in [5.74, 6) is 2.96. The molecule has 2 unspecified atom stereocenters. The summed E-state index contributed by atoms with van der Waals surface area (Å²) < 4.78 is 0. The molecule has 0 amide bonds. The number of ketones is 1. The van der Waals surface area contributed by atoms with Crippen LogP contribution in [0.5, 0.6) is 0 Å². The lowest BCUT2D eigenvalue weighted by molar-refractivity contribution is -0.141. The number of aromatic nitrogens is 2. The SMILES string of the molecule is O=C1C2CC3CC(C2)CC1(Nc1cnccn1)C3. The van der Waals surface area contributed by atoms with Crippen molar-refractivity contribution in [2.24, 2.45) is 17.8 Å². The smallest absolute Gasteiger partial charge is 0.161 e. The zero-order chi connectivity index (χ0) is 12.2. The lowest BCUT2D eigenvalue weighted by Crippen LogP contribution is -2.61. The van der Waals surface area contributed by atoms with Crippen molar-refractivity contribution in [2.45, 2.75) is 37.6 Å². The van der Waals surface area contributed by atoms with Gasteiger partial charge in [0.25, 0.3) is 0 Å². The Morgan fingerprint density at radius 2 is 1.94 bits per heavy atom. The van der Waals surface area contributed by atoms with E-state index in [9.17, 15) is 4.79 Å². The average molecular weight is 243 g/mol. The van der Waals surface area contributed by atoms with E-state index in [2.05, 4.69) is 15.3 Å². The molecule has 0 radical (unpaired) electrons. The lowest BCUT2D eigenvalue weighted by atomic mass is 9.52. The van der Waals surface area contributed by atoms with Crippen LogP contribution in [0.25, 0.3) is 0 Å². The number of hydrogen-bond acceptors (Lipinski definition) is 4. The summed E-state index contributed by atoms with van der Waals surface area (Å²) >= 11 is 0. The van der Waals surface area contributed by atoms with Gasteiger partial charge in [-0.25, -0.2) is 4.98 Å². The monoisotopic (exact) mass is 243 g/mol. The zero-order valence-corrected chi connectivity index (χ0v) is 10.3. The van der Waals surface area contributed by atoms with Crippen LogP contribution in [0, 0.1) is 17.8 Å². The highest BCUT2D eigenvalue weighted by Gasteiger charge is 2.56. The van der Waals surface area contributed by atoms with Gasteiger partial charge in [-0.1, -0.05) is 0 Å². The predicted octanol–water partition coefficient (Wildman–Crippen LogP) is 2.04. The molecule has 4 fully saturated rings. The van der Waals surface area contributed by atoms with E-state index in [0.717, 1.165) is 43.3 Å². The fourth-order valence-electron chi connectivity index (χ4n) is 4.55. The molecule has 4 bridgehead atoms. The van der Waals surface area contributed by atoms with Crippen LogP contribution < -0.4 is 5.32 Å². The third-order valence-electron chi connectivity index (χ3n) is 4.95. The predicted molar refractivity (Wildman–Crippen MR) is 66.9 cm³/mol. The van der Waals surface area contributed by atoms with Crippen LogP contribution in [0.2, 0.25) is 0 Å². The molecule has 1 aromatic heterocycles. The van der Waals surface area contributed by atoms with E-state index < -0.39 is 0 Å². The number of anilines is 1. The van der Waals surface area contributed by atoms with Gasteiger partial charge in [-0.05, 0) is 43.9 Å². The fraction of sp³-hybridized carbons (Fsp3) is 0.643. The van der Waals surface area contributed by atoms with E-state index in [0.29, 0.717) is 11.7 Å². The maximum absolute atomic E-state index is 12.6. The molecule has 4 nitrogen and oxygen atoms in total. The van der Waals surface area contributed by atoms with E-state index in [4.69, 9.17) is 0 Å². The summed E-state index contributed by atoms with van der Waals surface area (Å²) in [6.45, 7) is 0. The number of carbonyl (C=O) groups is 1. The Labute approximate surface area is 106 Å². The molecule has 2 atom stereocenters. The minimum absolute atomic E-state index is 0.306. The Morgan fingerprint density at radius 3 is 2.61 bits per heavy atom. The van der Waals surface area contributed by atoms with Gasteiger partial charge in [0.15, 0.2) is 5.78 Å². The first-order valence-electron chi connectivity index (χ1n) is 6.84. The minimum Gasteiger partial charge on any atom is -0.356 e. The maximum atomic E-state index is 12.6. The first-order chi connectivity index (χ1) is 8.75. The first-order valence-corrected chi connectivity index (χ1v) is 6.84. The lowest BCUT2D eigenvalue weighted by Gasteiger charge is -2.55. The zero-order valence-electron chi connectivity index (χ0n) is 10.3. The number of rotatable bonds is 2. The quantitative estimate of drug-likeness (QED) is 0.863. The van der Waals surface area contributed by atoms with Crippen molar-refractivity contribution in [2.75, 3.05) is 5.32 Å². The van der Waals surface area contributed by atoms with Crippen molar-refractivity contribution in [1.29, 1.82) is 0 Å². The molecule has 0 aliphatic heterocycles. The molecule has 4 aliphatic rings. The molecule has 4 saturated carbocycles. The van der Waals surface area contributed by atoms with Gasteiger partial charge < -0.3 is 5.32 Å². The van der Waals surface area contributed by atoms with Crippen molar-refractivity contribution in [3.8, 4) is 0 Å². The van der Waals surface area contributed by atoms with E-state index >= 15 is 0 Å². The normalized spacial score (nSPS) is 41.1. The van der Waals surface area contributed by atoms with Gasteiger partial charge in [-0.2, -0.15) is 0 Å². The minimum atomic E-state index is -0.329. The third kappa shape index (κ3) is 1.41. The van der Waals surface area contributed by atoms with Crippen molar-refractivity contribution in [3.05, 3.63) is 18.6 Å². The van der Waals surface area contributed by atoms with Gasteiger partial charge in [-0.15, -0.1) is 0 Å². The van der Waals surface area contributed by atoms with Gasteiger partial charge >= 0.3 is 0 Å². The summed E-state index contributed by atoms with van der Waals surface area (Å²) in [6.07, 6.45) is 10.6. The van der Waals surface area contributed by atoms with E-state index in [-0.39, 0.29) is 5.54 Å². The van der Waals surface area contributed by atoms with E-state index in [1.165, 1.54) is 6.42 Å². The molecule has 0 aromatic carbocycles. The summed E-state index contributed by atoms with van der Waals surface area (Å²) in [7, 11) is 0. The first kappa shape index (κ1) is 10.5. The van der Waals surface area contributed by atoms with Crippen LogP contribution in [-0.2, 0) is 4.79 Å². The Balaban J connectivity index is 1.68. The summed E-state index contributed by atoms with van der Waals surface area (Å²) in [5.41, 5.74) is -0.329. The summed E-state index contributed by atoms with van der Waals surface area (Å²) in [5, 5.41) is 3.41. The molecule has 0 spiro atoms. The van der Waals surface area contributed by atoms with Gasteiger partial charge in [0.2, 0.25) is 0 Å². The fourth-order valence-corrected chi connectivity index (χ4v) is 4.55. The van der Waals surface area contributed by atoms with Gasteiger partial charge in [-0.3, -0.25) is 9.78 Å². The second-order valence-electron chi connectivity index (χ2n) is 6.21. The van der Waals surface area contributed by atoms with Crippen LogP contribution in [-0.4, -0.2) is 21.3 Å². The second kappa shape index (κ2) is 3.53. The number of nitrogens with zero attached hydrogens (tertiary/aromatic N) is 2. The van der Waals surface area contributed by atoms with Gasteiger partial charge in [0.05, 0.1) is 11.7 Å². The Bertz CT molecular complexity index is 473. The van der Waals surface area contributed by atoms with E-state index in [1.807, 2.05) is 0 Å². The van der Waals surface area contributed by atoms with Crippen molar-refractivity contribution >= 4 is 11.6 Å². The number of Topliss-reactive ketones (excluding diaryl/α,β-unsaturated/α-hetero) is 1. The molecule has 5 rings (SSSR count). The molecule has 4 aliphatic carbocycles. The number of nitrogens with one attached hydrogen (secondary N) is 1. The molecule has 1 heterocycles. The third-order valence-corrected chi connectivity index (χ3v) is 4.95. The molecule has 18 heavy (non-hydrogen) atoms. The Hall–Kier alpha value is -1.45. The standard InChI is InChI=1S/C14H17N3O/c18-13-11-4-9-3-10(5-11)7-14(13,6-9)17-12-8-15-1-2-16-12/h1-2,8-11H,3-7H2,(H,16,17). The topological polar surface area (TPSA) is 54.9 Å². The second-order valence-corrected chi connectivity index (χ2v) is 6.21. The Morgan fingerprint density at radius 1 is 1.17 bits per heavy atom. The molecule has 1 aromatic rings. The summed E-state index contributed by atoms with van der Waals surface area (Å²) in [6, 6.07) is 0. The van der Waals surface area contributed by atoms with Crippen LogP contribution in [0.1, 0.15) is 32.1 Å². The summed E-state index contributed by atoms with van der Waals surface area (Å²) in [4.78, 5) is 20.9. The van der Waals surface area contributed by atoms with Crippen molar-refractivity contribution in [1.82, 2.24) is 9.97 Å².